The number of aryl methyl sites for hydroxylation is 1. The number of sulfonamides is 1. The maximum atomic E-state index is 12.8. The first-order chi connectivity index (χ1) is 12.9. The third-order valence-electron chi connectivity index (χ3n) is 4.94. The van der Waals surface area contributed by atoms with Crippen LogP contribution in [0.3, 0.4) is 0 Å². The summed E-state index contributed by atoms with van der Waals surface area (Å²) in [6.45, 7) is 4.38. The molecule has 27 heavy (non-hydrogen) atoms. The van der Waals surface area contributed by atoms with Crippen LogP contribution in [-0.2, 0) is 10.0 Å². The Morgan fingerprint density at radius 2 is 2.00 bits per heavy atom. The Kier molecular flexibility index (Phi) is 6.31. The molecule has 6 nitrogen and oxygen atoms in total. The zero-order valence-corrected chi connectivity index (χ0v) is 17.2. The number of likely N-dealkylation sites (tertiary alicyclic amines) is 1. The van der Waals surface area contributed by atoms with Gasteiger partial charge in [0, 0.05) is 17.0 Å². The standard InChI is InChI=1S/C19H25N3O3S2/c1-14-7-8-15(27(24,25)20-2)12-16(14)19(23)21-13-17(18-6-5-11-26-18)22-9-3-4-10-22/h5-8,11-12,17,20H,3-4,9-10,13H2,1-2H3,(H,21,23). The van der Waals surface area contributed by atoms with Crippen molar-refractivity contribution in [3.05, 3.63) is 51.7 Å². The van der Waals surface area contributed by atoms with Crippen LogP contribution in [0.25, 0.3) is 0 Å². The normalized spacial score (nSPS) is 16.4. The third kappa shape index (κ3) is 4.57. The molecule has 2 N–H and O–H groups in total. The molecule has 0 bridgehead atoms. The average Bonchev–Trinajstić information content (AvgIpc) is 3.36. The smallest absolute Gasteiger partial charge is 0.251 e. The van der Waals surface area contributed by atoms with E-state index in [2.05, 4.69) is 26.4 Å². The second-order valence-electron chi connectivity index (χ2n) is 6.67. The number of thiophene rings is 1. The number of rotatable bonds is 7. The summed E-state index contributed by atoms with van der Waals surface area (Å²) in [6, 6.07) is 8.90. The van der Waals surface area contributed by atoms with Gasteiger partial charge in [0.05, 0.1) is 10.9 Å². The minimum Gasteiger partial charge on any atom is -0.350 e. The van der Waals surface area contributed by atoms with E-state index in [1.165, 1.54) is 36.9 Å². The molecule has 1 aliphatic heterocycles. The molecule has 2 heterocycles. The van der Waals surface area contributed by atoms with Crippen molar-refractivity contribution in [1.29, 1.82) is 0 Å². The van der Waals surface area contributed by atoms with Crippen molar-refractivity contribution in [1.82, 2.24) is 14.9 Å². The second kappa shape index (κ2) is 8.52. The van der Waals surface area contributed by atoms with Gasteiger partial charge < -0.3 is 5.32 Å². The average molecular weight is 408 g/mol. The molecular weight excluding hydrogens is 382 g/mol. The molecule has 3 rings (SSSR count). The van der Waals surface area contributed by atoms with E-state index in [-0.39, 0.29) is 16.8 Å². The molecule has 0 saturated carbocycles. The van der Waals surface area contributed by atoms with Crippen molar-refractivity contribution in [2.75, 3.05) is 26.7 Å². The summed E-state index contributed by atoms with van der Waals surface area (Å²) in [6.07, 6.45) is 2.36. The molecule has 2 aromatic rings. The van der Waals surface area contributed by atoms with Crippen LogP contribution in [0.1, 0.15) is 39.7 Å². The van der Waals surface area contributed by atoms with E-state index in [1.54, 1.807) is 17.4 Å². The predicted octanol–water partition coefficient (Wildman–Crippen LogP) is 2.53. The van der Waals surface area contributed by atoms with E-state index in [1.807, 2.05) is 13.0 Å². The van der Waals surface area contributed by atoms with Crippen LogP contribution in [0.15, 0.2) is 40.6 Å². The van der Waals surface area contributed by atoms with E-state index in [9.17, 15) is 13.2 Å². The van der Waals surface area contributed by atoms with Crippen LogP contribution in [0, 0.1) is 6.92 Å². The zero-order valence-electron chi connectivity index (χ0n) is 15.6. The fourth-order valence-electron chi connectivity index (χ4n) is 3.36. The minimum atomic E-state index is -3.59. The maximum absolute atomic E-state index is 12.8. The minimum absolute atomic E-state index is 0.0927. The van der Waals surface area contributed by atoms with Gasteiger partial charge in [0.15, 0.2) is 0 Å². The topological polar surface area (TPSA) is 78.5 Å². The SMILES string of the molecule is CNS(=O)(=O)c1ccc(C)c(C(=O)NCC(c2cccs2)N2CCCC2)c1. The molecule has 1 saturated heterocycles. The number of benzene rings is 1. The molecule has 8 heteroatoms. The number of carbonyl (C=O) groups excluding carboxylic acids is 1. The summed E-state index contributed by atoms with van der Waals surface area (Å²) in [5.41, 5.74) is 1.13. The Balaban J connectivity index is 1.77. The highest BCUT2D eigenvalue weighted by atomic mass is 32.2. The van der Waals surface area contributed by atoms with Crippen molar-refractivity contribution >= 4 is 27.3 Å². The number of hydrogen-bond donors (Lipinski definition) is 2. The van der Waals surface area contributed by atoms with E-state index < -0.39 is 10.0 Å². The highest BCUT2D eigenvalue weighted by Crippen LogP contribution is 2.28. The Morgan fingerprint density at radius 1 is 1.26 bits per heavy atom. The van der Waals surface area contributed by atoms with E-state index in [0.29, 0.717) is 12.1 Å². The monoisotopic (exact) mass is 407 g/mol. The van der Waals surface area contributed by atoms with Gasteiger partial charge in [-0.05, 0) is 69.0 Å². The van der Waals surface area contributed by atoms with Gasteiger partial charge in [-0.2, -0.15) is 0 Å². The van der Waals surface area contributed by atoms with Gasteiger partial charge >= 0.3 is 0 Å². The van der Waals surface area contributed by atoms with Crippen molar-refractivity contribution in [3.8, 4) is 0 Å². The van der Waals surface area contributed by atoms with Gasteiger partial charge in [-0.3, -0.25) is 9.69 Å². The van der Waals surface area contributed by atoms with E-state index in [0.717, 1.165) is 18.7 Å². The molecule has 1 aromatic heterocycles. The van der Waals surface area contributed by atoms with Gasteiger partial charge in [0.2, 0.25) is 10.0 Å². The molecular formula is C19H25N3O3S2. The Hall–Kier alpha value is -1.74. The molecule has 1 amide bonds. The quantitative estimate of drug-likeness (QED) is 0.739. The van der Waals surface area contributed by atoms with Crippen molar-refractivity contribution in [3.63, 3.8) is 0 Å². The summed E-state index contributed by atoms with van der Waals surface area (Å²) < 4.78 is 26.4. The van der Waals surface area contributed by atoms with E-state index >= 15 is 0 Å². The molecule has 1 aliphatic rings. The number of amides is 1. The maximum Gasteiger partial charge on any atom is 0.251 e. The first-order valence-corrected chi connectivity index (χ1v) is 11.4. The van der Waals surface area contributed by atoms with Gasteiger partial charge in [0.25, 0.3) is 5.91 Å². The lowest BCUT2D eigenvalue weighted by atomic mass is 10.1. The predicted molar refractivity (Wildman–Crippen MR) is 108 cm³/mol. The van der Waals surface area contributed by atoms with Crippen LogP contribution in [0.4, 0.5) is 0 Å². The second-order valence-corrected chi connectivity index (χ2v) is 9.53. The summed E-state index contributed by atoms with van der Waals surface area (Å²) in [4.78, 5) is 16.5. The lowest BCUT2D eigenvalue weighted by molar-refractivity contribution is 0.0937. The molecule has 0 spiro atoms. The highest BCUT2D eigenvalue weighted by molar-refractivity contribution is 7.89. The number of nitrogens with one attached hydrogen (secondary N) is 2. The fourth-order valence-corrected chi connectivity index (χ4v) is 4.98. The molecule has 146 valence electrons. The van der Waals surface area contributed by atoms with Crippen molar-refractivity contribution in [2.45, 2.75) is 30.7 Å². The van der Waals surface area contributed by atoms with E-state index in [4.69, 9.17) is 0 Å². The molecule has 1 fully saturated rings. The number of carbonyl (C=O) groups is 1. The lowest BCUT2D eigenvalue weighted by Gasteiger charge is -2.27. The molecule has 0 aliphatic carbocycles. The highest BCUT2D eigenvalue weighted by Gasteiger charge is 2.25. The number of nitrogens with zero attached hydrogens (tertiary/aromatic N) is 1. The Bertz CT molecular complexity index is 889. The van der Waals surface area contributed by atoms with Crippen LogP contribution in [0.5, 0.6) is 0 Å². The molecule has 1 unspecified atom stereocenters. The molecule has 1 aromatic carbocycles. The largest absolute Gasteiger partial charge is 0.350 e. The Labute approximate surface area is 164 Å². The molecule has 0 radical (unpaired) electrons. The van der Waals surface area contributed by atoms with Crippen LogP contribution in [-0.4, -0.2) is 45.9 Å². The molecule has 1 atom stereocenters. The number of hydrogen-bond acceptors (Lipinski definition) is 5. The third-order valence-corrected chi connectivity index (χ3v) is 7.33. The van der Waals surface area contributed by atoms with Crippen molar-refractivity contribution in [2.24, 2.45) is 0 Å². The summed E-state index contributed by atoms with van der Waals surface area (Å²) in [5, 5.41) is 5.06. The zero-order chi connectivity index (χ0) is 19.4. The summed E-state index contributed by atoms with van der Waals surface area (Å²) >= 11 is 1.70. The van der Waals surface area contributed by atoms with Crippen LogP contribution in [0.2, 0.25) is 0 Å². The summed E-state index contributed by atoms with van der Waals surface area (Å²) in [7, 11) is -2.23. The first kappa shape index (κ1) is 20.0. The first-order valence-electron chi connectivity index (χ1n) is 9.02. The fraction of sp³-hybridized carbons (Fsp3) is 0.421. The van der Waals surface area contributed by atoms with Gasteiger partial charge in [0.1, 0.15) is 0 Å². The summed E-state index contributed by atoms with van der Waals surface area (Å²) in [5.74, 6) is -0.249. The van der Waals surface area contributed by atoms with Gasteiger partial charge in [-0.15, -0.1) is 11.3 Å². The lowest BCUT2D eigenvalue weighted by Crippen LogP contribution is -2.36. The van der Waals surface area contributed by atoms with Crippen molar-refractivity contribution < 1.29 is 13.2 Å². The van der Waals surface area contributed by atoms with Gasteiger partial charge in [-0.1, -0.05) is 12.1 Å². The van der Waals surface area contributed by atoms with Crippen LogP contribution < -0.4 is 10.0 Å². The van der Waals surface area contributed by atoms with Crippen LogP contribution >= 0.6 is 11.3 Å². The van der Waals surface area contributed by atoms with Gasteiger partial charge in [-0.25, -0.2) is 13.1 Å². The Morgan fingerprint density at radius 3 is 2.63 bits per heavy atom.